The van der Waals surface area contributed by atoms with Gasteiger partial charge in [-0.3, -0.25) is 0 Å². The second kappa shape index (κ2) is 3.81. The van der Waals surface area contributed by atoms with E-state index in [2.05, 4.69) is 12.2 Å². The Labute approximate surface area is 79.6 Å². The average molecular weight is 182 g/mol. The van der Waals surface area contributed by atoms with Crippen LogP contribution in [0.1, 0.15) is 19.3 Å². The lowest BCUT2D eigenvalue weighted by Gasteiger charge is -2.25. The highest BCUT2D eigenvalue weighted by Gasteiger charge is 2.42. The molecule has 1 fully saturated rings. The maximum Gasteiger partial charge on any atom is 0.0627 e. The Kier molecular flexibility index (Phi) is 2.70. The molecule has 0 spiro atoms. The first-order valence-corrected chi connectivity index (χ1v) is 5.15. The number of ether oxygens (including phenoxy) is 1. The molecule has 0 aromatic rings. The number of rotatable bonds is 2. The van der Waals surface area contributed by atoms with Gasteiger partial charge >= 0.3 is 0 Å². The van der Waals surface area contributed by atoms with Crippen LogP contribution in [0.2, 0.25) is 0 Å². The van der Waals surface area contributed by atoms with Gasteiger partial charge in [0, 0.05) is 19.6 Å². The zero-order valence-electron chi connectivity index (χ0n) is 8.15. The van der Waals surface area contributed by atoms with Crippen LogP contribution >= 0.6 is 0 Å². The second-order valence-electron chi connectivity index (χ2n) is 4.22. The predicted octanol–water partition coefficient (Wildman–Crippen LogP) is 1.60. The number of hydrogen-bond donors (Lipinski definition) is 1. The summed E-state index contributed by atoms with van der Waals surface area (Å²) in [6, 6.07) is 0. The first kappa shape index (κ1) is 9.22. The van der Waals surface area contributed by atoms with Crippen molar-refractivity contribution < 1.29 is 9.84 Å². The van der Waals surface area contributed by atoms with E-state index in [9.17, 15) is 5.11 Å². The summed E-state index contributed by atoms with van der Waals surface area (Å²) in [5.74, 6) is 1.80. The monoisotopic (exact) mass is 182 g/mol. The highest BCUT2D eigenvalue weighted by atomic mass is 16.5. The van der Waals surface area contributed by atoms with Crippen LogP contribution in [0, 0.1) is 17.8 Å². The van der Waals surface area contributed by atoms with E-state index in [0.717, 1.165) is 18.8 Å². The molecule has 1 saturated carbocycles. The molecule has 1 N–H and O–H groups in total. The molecule has 13 heavy (non-hydrogen) atoms. The lowest BCUT2D eigenvalue weighted by molar-refractivity contribution is 0.0331. The number of aliphatic hydroxyl groups is 1. The van der Waals surface area contributed by atoms with Gasteiger partial charge in [-0.2, -0.15) is 0 Å². The van der Waals surface area contributed by atoms with E-state index in [1.165, 1.54) is 6.42 Å². The second-order valence-corrected chi connectivity index (χ2v) is 4.22. The van der Waals surface area contributed by atoms with Crippen molar-refractivity contribution in [1.29, 1.82) is 0 Å². The molecule has 0 aliphatic heterocycles. The van der Waals surface area contributed by atoms with Crippen LogP contribution < -0.4 is 0 Å². The number of aliphatic hydroxyl groups excluding tert-OH is 1. The van der Waals surface area contributed by atoms with Gasteiger partial charge in [0.2, 0.25) is 0 Å². The van der Waals surface area contributed by atoms with E-state index in [0.29, 0.717) is 17.9 Å². The van der Waals surface area contributed by atoms with E-state index in [1.807, 2.05) is 0 Å². The van der Waals surface area contributed by atoms with Crippen molar-refractivity contribution in [1.82, 2.24) is 0 Å². The van der Waals surface area contributed by atoms with Crippen molar-refractivity contribution in [2.24, 2.45) is 17.8 Å². The number of allylic oxidation sites excluding steroid dienone is 2. The third kappa shape index (κ3) is 1.53. The predicted molar refractivity (Wildman–Crippen MR) is 51.3 cm³/mol. The molecular weight excluding hydrogens is 164 g/mol. The zero-order valence-corrected chi connectivity index (χ0v) is 8.15. The largest absolute Gasteiger partial charge is 0.396 e. The van der Waals surface area contributed by atoms with E-state index < -0.39 is 0 Å². The quantitative estimate of drug-likeness (QED) is 0.657. The molecule has 0 aromatic heterocycles. The van der Waals surface area contributed by atoms with Gasteiger partial charge in [0.25, 0.3) is 0 Å². The maximum atomic E-state index is 9.30. The average Bonchev–Trinajstić information content (AvgIpc) is 2.55. The molecule has 0 saturated heterocycles. The zero-order chi connectivity index (χ0) is 9.26. The summed E-state index contributed by atoms with van der Waals surface area (Å²) < 4.78 is 5.42. The van der Waals surface area contributed by atoms with Crippen LogP contribution in [0.3, 0.4) is 0 Å². The van der Waals surface area contributed by atoms with Crippen LogP contribution in [0.15, 0.2) is 12.2 Å². The summed E-state index contributed by atoms with van der Waals surface area (Å²) in [5, 5.41) is 9.30. The minimum absolute atomic E-state index is 0.285. The summed E-state index contributed by atoms with van der Waals surface area (Å²) in [4.78, 5) is 0. The van der Waals surface area contributed by atoms with Crippen molar-refractivity contribution in [3.63, 3.8) is 0 Å². The van der Waals surface area contributed by atoms with Gasteiger partial charge in [0.1, 0.15) is 0 Å². The fourth-order valence-electron chi connectivity index (χ4n) is 2.96. The van der Waals surface area contributed by atoms with Gasteiger partial charge < -0.3 is 9.84 Å². The smallest absolute Gasteiger partial charge is 0.0627 e. The summed E-state index contributed by atoms with van der Waals surface area (Å²) in [6.07, 6.45) is 8.27. The summed E-state index contributed by atoms with van der Waals surface area (Å²) in [6.45, 7) is 0.285. The molecule has 0 heterocycles. The molecule has 2 nitrogen and oxygen atoms in total. The minimum atomic E-state index is 0.285. The Balaban J connectivity index is 2.09. The van der Waals surface area contributed by atoms with Crippen LogP contribution in [0.5, 0.6) is 0 Å². The first-order chi connectivity index (χ1) is 6.36. The van der Waals surface area contributed by atoms with Crippen LogP contribution in [0.4, 0.5) is 0 Å². The highest BCUT2D eigenvalue weighted by Crippen LogP contribution is 2.44. The van der Waals surface area contributed by atoms with Crippen molar-refractivity contribution in [3.8, 4) is 0 Å². The third-order valence-electron chi connectivity index (χ3n) is 3.70. The topological polar surface area (TPSA) is 29.5 Å². The van der Waals surface area contributed by atoms with Crippen molar-refractivity contribution in [2.45, 2.75) is 25.4 Å². The van der Waals surface area contributed by atoms with Gasteiger partial charge in [0.05, 0.1) is 6.10 Å². The molecule has 0 unspecified atom stereocenters. The van der Waals surface area contributed by atoms with Crippen molar-refractivity contribution in [2.75, 3.05) is 13.7 Å². The van der Waals surface area contributed by atoms with Crippen LogP contribution in [0.25, 0.3) is 0 Å². The minimum Gasteiger partial charge on any atom is -0.396 e. The Hall–Kier alpha value is -0.340. The van der Waals surface area contributed by atoms with Gasteiger partial charge in [-0.15, -0.1) is 0 Å². The lowest BCUT2D eigenvalue weighted by atomic mass is 9.82. The van der Waals surface area contributed by atoms with Crippen LogP contribution in [-0.2, 0) is 4.74 Å². The van der Waals surface area contributed by atoms with Gasteiger partial charge in [-0.05, 0) is 31.1 Å². The maximum absolute atomic E-state index is 9.30. The molecule has 74 valence electrons. The lowest BCUT2D eigenvalue weighted by Crippen LogP contribution is -2.25. The molecule has 0 bridgehead atoms. The molecule has 2 aliphatic rings. The summed E-state index contributed by atoms with van der Waals surface area (Å²) >= 11 is 0. The highest BCUT2D eigenvalue weighted by molar-refractivity contribution is 5.02. The number of methoxy groups -OCH3 is 1. The summed E-state index contributed by atoms with van der Waals surface area (Å²) in [5.41, 5.74) is 0. The third-order valence-corrected chi connectivity index (χ3v) is 3.70. The van der Waals surface area contributed by atoms with E-state index in [-0.39, 0.29) is 6.61 Å². The molecule has 2 heteroatoms. The van der Waals surface area contributed by atoms with E-state index in [4.69, 9.17) is 4.74 Å². The Bertz CT molecular complexity index is 200. The standard InChI is InChI=1S/C11H18O2/c1-13-11-6-8-4-2-3-5-9(8)10(11)7-12/h2-3,8-12H,4-7H2,1H3/t8-,9+,10+,11+/m1/s1. The Morgan fingerprint density at radius 1 is 1.38 bits per heavy atom. The van der Waals surface area contributed by atoms with Crippen LogP contribution in [-0.4, -0.2) is 24.9 Å². The Morgan fingerprint density at radius 2 is 2.15 bits per heavy atom. The normalized spacial score (nSPS) is 43.5. The number of hydrogen-bond acceptors (Lipinski definition) is 2. The fraction of sp³-hybridized carbons (Fsp3) is 0.818. The molecule has 0 aromatic carbocycles. The fourth-order valence-corrected chi connectivity index (χ4v) is 2.96. The van der Waals surface area contributed by atoms with Gasteiger partial charge in [0.15, 0.2) is 0 Å². The molecule has 0 radical (unpaired) electrons. The van der Waals surface area contributed by atoms with Gasteiger partial charge in [-0.1, -0.05) is 12.2 Å². The van der Waals surface area contributed by atoms with Crippen molar-refractivity contribution >= 4 is 0 Å². The molecule has 2 aliphatic carbocycles. The Morgan fingerprint density at radius 3 is 2.85 bits per heavy atom. The van der Waals surface area contributed by atoms with E-state index >= 15 is 0 Å². The number of fused-ring (bicyclic) bond motifs is 1. The molecule has 2 rings (SSSR count). The molecular formula is C11H18O2. The van der Waals surface area contributed by atoms with Gasteiger partial charge in [-0.25, -0.2) is 0 Å². The summed E-state index contributed by atoms with van der Waals surface area (Å²) in [7, 11) is 1.76. The van der Waals surface area contributed by atoms with Crippen molar-refractivity contribution in [3.05, 3.63) is 12.2 Å². The first-order valence-electron chi connectivity index (χ1n) is 5.15. The van der Waals surface area contributed by atoms with E-state index in [1.54, 1.807) is 7.11 Å². The SMILES string of the molecule is CO[C@H]1C[C@H]2CC=CC[C@@H]2[C@@H]1CO. The molecule has 4 atom stereocenters. The molecule has 0 amide bonds.